The fourth-order valence-electron chi connectivity index (χ4n) is 1.17. The Morgan fingerprint density at radius 1 is 1.57 bits per heavy atom. The number of ether oxygens (including phenoxy) is 1. The van der Waals surface area contributed by atoms with Gasteiger partial charge in [-0.3, -0.25) is 4.79 Å². The van der Waals surface area contributed by atoms with Crippen molar-refractivity contribution < 1.29 is 14.3 Å². The first-order chi connectivity index (χ1) is 6.72. The van der Waals surface area contributed by atoms with Crippen molar-refractivity contribution in [1.29, 1.82) is 0 Å². The minimum atomic E-state index is -0.381. The fraction of sp³-hybridized carbons (Fsp3) is 0.556. The molecule has 14 heavy (non-hydrogen) atoms. The van der Waals surface area contributed by atoms with Gasteiger partial charge in [0.2, 0.25) is 5.91 Å². The van der Waals surface area contributed by atoms with Gasteiger partial charge in [-0.1, -0.05) is 0 Å². The molecular formula is C9H14N2O3. The van der Waals surface area contributed by atoms with E-state index in [0.29, 0.717) is 19.5 Å². The van der Waals surface area contributed by atoms with E-state index in [1.54, 1.807) is 6.20 Å². The number of hydrogen-bond acceptors (Lipinski definition) is 4. The quantitative estimate of drug-likeness (QED) is 0.480. The number of methoxy groups -OCH3 is 1. The molecule has 0 unspecified atom stereocenters. The highest BCUT2D eigenvalue weighted by Gasteiger charge is 2.09. The van der Waals surface area contributed by atoms with Crippen molar-refractivity contribution >= 4 is 11.9 Å². The number of carbonyl (C=O) groups is 2. The molecule has 1 saturated heterocycles. The number of carbonyl (C=O) groups excluding carboxylic acids is 2. The molecule has 1 aliphatic heterocycles. The summed E-state index contributed by atoms with van der Waals surface area (Å²) in [5.41, 5.74) is 0. The maximum atomic E-state index is 11.0. The highest BCUT2D eigenvalue weighted by molar-refractivity contribution is 5.81. The summed E-state index contributed by atoms with van der Waals surface area (Å²) >= 11 is 0. The molecule has 5 nitrogen and oxygen atoms in total. The summed E-state index contributed by atoms with van der Waals surface area (Å²) < 4.78 is 4.46. The number of nitrogens with one attached hydrogen (secondary N) is 1. The van der Waals surface area contributed by atoms with Gasteiger partial charge in [0.15, 0.2) is 0 Å². The smallest absolute Gasteiger partial charge is 0.331 e. The van der Waals surface area contributed by atoms with Gasteiger partial charge in [-0.15, -0.1) is 0 Å². The van der Waals surface area contributed by atoms with Gasteiger partial charge < -0.3 is 15.0 Å². The summed E-state index contributed by atoms with van der Waals surface area (Å²) in [6.07, 6.45) is 3.48. The second kappa shape index (κ2) is 5.26. The fourth-order valence-corrected chi connectivity index (χ4v) is 1.17. The monoisotopic (exact) mass is 198 g/mol. The van der Waals surface area contributed by atoms with Crippen LogP contribution in [0.4, 0.5) is 0 Å². The van der Waals surface area contributed by atoms with Crippen LogP contribution in [-0.4, -0.2) is 43.5 Å². The summed E-state index contributed by atoms with van der Waals surface area (Å²) in [4.78, 5) is 23.7. The zero-order valence-electron chi connectivity index (χ0n) is 8.16. The van der Waals surface area contributed by atoms with E-state index in [2.05, 4.69) is 10.1 Å². The molecule has 0 radical (unpaired) electrons. The van der Waals surface area contributed by atoms with Crippen molar-refractivity contribution in [3.05, 3.63) is 12.3 Å². The zero-order valence-corrected chi connectivity index (χ0v) is 8.16. The van der Waals surface area contributed by atoms with Crippen molar-refractivity contribution in [2.75, 3.05) is 26.7 Å². The summed E-state index contributed by atoms with van der Waals surface area (Å²) in [7, 11) is 1.33. The van der Waals surface area contributed by atoms with Crippen molar-refractivity contribution in [3.63, 3.8) is 0 Å². The van der Waals surface area contributed by atoms with Gasteiger partial charge in [-0.25, -0.2) is 4.79 Å². The van der Waals surface area contributed by atoms with Gasteiger partial charge in [-0.2, -0.15) is 0 Å². The molecule has 1 aliphatic rings. The SMILES string of the molecule is COC(=O)C=CN1CCNC(=O)CC1. The Kier molecular flexibility index (Phi) is 3.97. The van der Waals surface area contributed by atoms with Crippen LogP contribution in [0.15, 0.2) is 12.3 Å². The van der Waals surface area contributed by atoms with Crippen LogP contribution < -0.4 is 5.32 Å². The van der Waals surface area contributed by atoms with E-state index in [1.807, 2.05) is 4.90 Å². The highest BCUT2D eigenvalue weighted by atomic mass is 16.5. The molecule has 1 fully saturated rings. The maximum absolute atomic E-state index is 11.0. The summed E-state index contributed by atoms with van der Waals surface area (Å²) in [5, 5.41) is 2.75. The molecule has 1 amide bonds. The molecule has 0 aliphatic carbocycles. The molecule has 0 saturated carbocycles. The van der Waals surface area contributed by atoms with E-state index in [4.69, 9.17) is 0 Å². The van der Waals surface area contributed by atoms with Gasteiger partial charge >= 0.3 is 5.97 Å². The Balaban J connectivity index is 2.40. The second-order valence-corrected chi connectivity index (χ2v) is 2.97. The highest BCUT2D eigenvalue weighted by Crippen LogP contribution is 1.97. The lowest BCUT2D eigenvalue weighted by molar-refractivity contribution is -0.134. The average Bonchev–Trinajstić information content (AvgIpc) is 2.39. The topological polar surface area (TPSA) is 58.6 Å². The van der Waals surface area contributed by atoms with Gasteiger partial charge in [0.25, 0.3) is 0 Å². The summed E-state index contributed by atoms with van der Waals surface area (Å²) in [6.45, 7) is 1.98. The third-order valence-corrected chi connectivity index (χ3v) is 1.97. The molecule has 78 valence electrons. The molecule has 1 N–H and O–H groups in total. The lowest BCUT2D eigenvalue weighted by Gasteiger charge is -2.15. The van der Waals surface area contributed by atoms with E-state index < -0.39 is 0 Å². The number of rotatable bonds is 2. The van der Waals surface area contributed by atoms with Crippen LogP contribution in [0.2, 0.25) is 0 Å². The van der Waals surface area contributed by atoms with Gasteiger partial charge in [0.05, 0.1) is 7.11 Å². The van der Waals surface area contributed by atoms with E-state index >= 15 is 0 Å². The first-order valence-electron chi connectivity index (χ1n) is 4.49. The second-order valence-electron chi connectivity index (χ2n) is 2.97. The Labute approximate surface area is 82.7 Å². The van der Waals surface area contributed by atoms with Gasteiger partial charge in [0, 0.05) is 38.3 Å². The van der Waals surface area contributed by atoms with E-state index in [0.717, 1.165) is 6.54 Å². The number of hydrogen-bond donors (Lipinski definition) is 1. The van der Waals surface area contributed by atoms with Crippen LogP contribution in [0.5, 0.6) is 0 Å². The maximum Gasteiger partial charge on any atom is 0.331 e. The third kappa shape index (κ3) is 3.47. The number of nitrogens with zero attached hydrogens (tertiary/aromatic N) is 1. The predicted octanol–water partition coefficient (Wildman–Crippen LogP) is -0.505. The van der Waals surface area contributed by atoms with Crippen molar-refractivity contribution in [1.82, 2.24) is 10.2 Å². The standard InChI is InChI=1S/C9H14N2O3/c1-14-9(13)3-6-11-5-2-8(12)10-4-7-11/h3,6H,2,4-5,7H2,1H3,(H,10,12). The predicted molar refractivity (Wildman–Crippen MR) is 50.4 cm³/mol. The van der Waals surface area contributed by atoms with Crippen LogP contribution in [0.25, 0.3) is 0 Å². The molecule has 0 aromatic heterocycles. The molecule has 5 heteroatoms. The Morgan fingerprint density at radius 3 is 3.07 bits per heavy atom. The number of esters is 1. The lowest BCUT2D eigenvalue weighted by atomic mass is 10.4. The molecular weight excluding hydrogens is 184 g/mol. The lowest BCUT2D eigenvalue weighted by Crippen LogP contribution is -2.25. The molecule has 0 aromatic rings. The van der Waals surface area contributed by atoms with Crippen LogP contribution in [0.1, 0.15) is 6.42 Å². The van der Waals surface area contributed by atoms with Crippen LogP contribution in [-0.2, 0) is 14.3 Å². The molecule has 0 spiro atoms. The molecule has 0 atom stereocenters. The first-order valence-corrected chi connectivity index (χ1v) is 4.49. The zero-order chi connectivity index (χ0) is 10.4. The summed E-state index contributed by atoms with van der Waals surface area (Å²) in [6, 6.07) is 0. The van der Waals surface area contributed by atoms with E-state index in [-0.39, 0.29) is 11.9 Å². The summed E-state index contributed by atoms with van der Waals surface area (Å²) in [5.74, 6) is -0.326. The van der Waals surface area contributed by atoms with Crippen LogP contribution in [0.3, 0.4) is 0 Å². The van der Waals surface area contributed by atoms with Gasteiger partial charge in [-0.05, 0) is 0 Å². The minimum Gasteiger partial charge on any atom is -0.466 e. The molecule has 1 rings (SSSR count). The Morgan fingerprint density at radius 2 is 2.36 bits per heavy atom. The van der Waals surface area contributed by atoms with Crippen molar-refractivity contribution in [3.8, 4) is 0 Å². The largest absolute Gasteiger partial charge is 0.466 e. The Bertz CT molecular complexity index is 250. The first kappa shape index (κ1) is 10.6. The normalized spacial score (nSPS) is 17.8. The third-order valence-electron chi connectivity index (χ3n) is 1.97. The van der Waals surface area contributed by atoms with Crippen LogP contribution in [0, 0.1) is 0 Å². The average molecular weight is 198 g/mol. The Hall–Kier alpha value is -1.52. The number of amides is 1. The van der Waals surface area contributed by atoms with Crippen LogP contribution >= 0.6 is 0 Å². The molecule has 0 aromatic carbocycles. The van der Waals surface area contributed by atoms with E-state index in [9.17, 15) is 9.59 Å². The van der Waals surface area contributed by atoms with Crippen molar-refractivity contribution in [2.45, 2.75) is 6.42 Å². The molecule has 0 bridgehead atoms. The molecule has 1 heterocycles. The van der Waals surface area contributed by atoms with Crippen molar-refractivity contribution in [2.24, 2.45) is 0 Å². The van der Waals surface area contributed by atoms with Gasteiger partial charge in [0.1, 0.15) is 0 Å². The minimum absolute atomic E-state index is 0.0546. The van der Waals surface area contributed by atoms with E-state index in [1.165, 1.54) is 13.2 Å².